The van der Waals surface area contributed by atoms with Crippen molar-refractivity contribution in [3.8, 4) is 0 Å². The first-order valence-electron chi connectivity index (χ1n) is 2.38. The van der Waals surface area contributed by atoms with E-state index in [0.717, 1.165) is 0 Å². The van der Waals surface area contributed by atoms with Crippen molar-refractivity contribution in [1.82, 2.24) is 5.48 Å². The minimum atomic E-state index is 0.403. The largest absolute Gasteiger partial charge is 0.416 e. The highest BCUT2D eigenvalue weighted by molar-refractivity contribution is 5.04. The van der Waals surface area contributed by atoms with Gasteiger partial charge < -0.3 is 4.84 Å². The Kier molecular flexibility index (Phi) is 1.02. The summed E-state index contributed by atoms with van der Waals surface area (Å²) in [5, 5.41) is 0. The van der Waals surface area contributed by atoms with E-state index in [1.165, 1.54) is 5.57 Å². The molecule has 0 aromatic carbocycles. The Morgan fingerprint density at radius 1 is 1.86 bits per heavy atom. The Hall–Kier alpha value is -0.500. The molecule has 0 saturated carbocycles. The first-order chi connectivity index (χ1) is 3.30. The number of hydrogen-bond donors (Lipinski definition) is 1. The lowest BCUT2D eigenvalue weighted by atomic mass is 10.2. The van der Waals surface area contributed by atoms with Crippen molar-refractivity contribution < 1.29 is 4.84 Å². The first kappa shape index (κ1) is 4.65. The van der Waals surface area contributed by atoms with E-state index < -0.39 is 0 Å². The molecule has 2 heteroatoms. The summed E-state index contributed by atoms with van der Waals surface area (Å²) >= 11 is 0. The molecule has 1 aliphatic rings. The number of nitrogens with one attached hydrogen (secondary N) is 1. The highest BCUT2D eigenvalue weighted by Gasteiger charge is 2.08. The van der Waals surface area contributed by atoms with Gasteiger partial charge in [-0.05, 0) is 19.4 Å². The maximum Gasteiger partial charge on any atom is 0.111 e. The van der Waals surface area contributed by atoms with Crippen LogP contribution in [0.1, 0.15) is 13.8 Å². The van der Waals surface area contributed by atoms with Crippen LogP contribution in [-0.2, 0) is 4.84 Å². The lowest BCUT2D eigenvalue weighted by Gasteiger charge is -1.98. The van der Waals surface area contributed by atoms with Crippen LogP contribution in [0.2, 0.25) is 0 Å². The summed E-state index contributed by atoms with van der Waals surface area (Å²) in [6.45, 7) is 4.09. The predicted molar refractivity (Wildman–Crippen MR) is 27.4 cm³/mol. The minimum Gasteiger partial charge on any atom is -0.416 e. The molecule has 1 atom stereocenters. The predicted octanol–water partition coefficient (Wildman–Crippen LogP) is 0.814. The first-order valence-corrected chi connectivity index (χ1v) is 2.38. The molecule has 1 rings (SSSR count). The van der Waals surface area contributed by atoms with Gasteiger partial charge in [0, 0.05) is 0 Å². The summed E-state index contributed by atoms with van der Waals surface area (Å²) in [4.78, 5) is 4.76. The Labute approximate surface area is 43.1 Å². The van der Waals surface area contributed by atoms with Crippen LogP contribution in [0.3, 0.4) is 0 Å². The molecule has 0 amide bonds. The van der Waals surface area contributed by atoms with Gasteiger partial charge in [0.15, 0.2) is 0 Å². The molecule has 0 spiro atoms. The van der Waals surface area contributed by atoms with E-state index in [1.807, 2.05) is 6.92 Å². The van der Waals surface area contributed by atoms with Gasteiger partial charge in [-0.15, -0.1) is 0 Å². The lowest BCUT2D eigenvalue weighted by Crippen LogP contribution is -2.18. The van der Waals surface area contributed by atoms with E-state index in [9.17, 15) is 0 Å². The van der Waals surface area contributed by atoms with Crippen LogP contribution in [0.15, 0.2) is 11.8 Å². The quantitative estimate of drug-likeness (QED) is 0.485. The van der Waals surface area contributed by atoms with Gasteiger partial charge in [-0.25, -0.2) is 0 Å². The average molecular weight is 99.1 g/mol. The van der Waals surface area contributed by atoms with Crippen LogP contribution in [0.5, 0.6) is 0 Å². The molecular weight excluding hydrogens is 90.1 g/mol. The molecule has 2 nitrogen and oxygen atoms in total. The van der Waals surface area contributed by atoms with Gasteiger partial charge in [0.1, 0.15) is 6.26 Å². The average Bonchev–Trinajstić information content (AvgIpc) is 1.91. The second-order valence-corrected chi connectivity index (χ2v) is 1.82. The van der Waals surface area contributed by atoms with Crippen LogP contribution in [0, 0.1) is 0 Å². The van der Waals surface area contributed by atoms with E-state index in [1.54, 1.807) is 6.26 Å². The molecule has 1 aliphatic heterocycles. The summed E-state index contributed by atoms with van der Waals surface area (Å²) in [7, 11) is 0. The second kappa shape index (κ2) is 1.54. The van der Waals surface area contributed by atoms with Gasteiger partial charge in [0.2, 0.25) is 0 Å². The van der Waals surface area contributed by atoms with Crippen molar-refractivity contribution in [3.05, 3.63) is 11.8 Å². The van der Waals surface area contributed by atoms with Crippen LogP contribution in [0.4, 0.5) is 0 Å². The van der Waals surface area contributed by atoms with Crippen LogP contribution in [0.25, 0.3) is 0 Å². The Bertz CT molecular complexity index is 98.3. The molecule has 1 heterocycles. The van der Waals surface area contributed by atoms with Gasteiger partial charge in [0.05, 0.1) is 6.04 Å². The summed E-state index contributed by atoms with van der Waals surface area (Å²) in [5.41, 5.74) is 4.03. The summed E-state index contributed by atoms with van der Waals surface area (Å²) in [6.07, 6.45) is 1.73. The molecule has 0 bridgehead atoms. The third kappa shape index (κ3) is 0.747. The van der Waals surface area contributed by atoms with E-state index in [4.69, 9.17) is 4.84 Å². The monoisotopic (exact) mass is 99.1 g/mol. The highest BCUT2D eigenvalue weighted by atomic mass is 16.6. The van der Waals surface area contributed by atoms with E-state index in [0.29, 0.717) is 6.04 Å². The van der Waals surface area contributed by atoms with Crippen LogP contribution >= 0.6 is 0 Å². The zero-order valence-corrected chi connectivity index (χ0v) is 4.56. The molecule has 0 aromatic rings. The van der Waals surface area contributed by atoms with Crippen molar-refractivity contribution in [2.24, 2.45) is 0 Å². The molecule has 7 heavy (non-hydrogen) atoms. The molecule has 0 saturated heterocycles. The highest BCUT2D eigenvalue weighted by Crippen LogP contribution is 2.05. The molecule has 40 valence electrons. The number of hydroxylamine groups is 1. The summed E-state index contributed by atoms with van der Waals surface area (Å²) in [6, 6.07) is 0.403. The number of rotatable bonds is 0. The van der Waals surface area contributed by atoms with Gasteiger partial charge in [-0.3, -0.25) is 0 Å². The Balaban J connectivity index is 2.54. The second-order valence-electron chi connectivity index (χ2n) is 1.82. The zero-order chi connectivity index (χ0) is 5.28. The van der Waals surface area contributed by atoms with Crippen molar-refractivity contribution in [2.45, 2.75) is 19.9 Å². The SMILES string of the molecule is CC1=CONC1C. The van der Waals surface area contributed by atoms with Crippen LogP contribution < -0.4 is 5.48 Å². The molecule has 0 aromatic heterocycles. The smallest absolute Gasteiger partial charge is 0.111 e. The van der Waals surface area contributed by atoms with Gasteiger partial charge >= 0.3 is 0 Å². The third-order valence-corrected chi connectivity index (χ3v) is 1.17. The third-order valence-electron chi connectivity index (χ3n) is 1.17. The lowest BCUT2D eigenvalue weighted by molar-refractivity contribution is 0.146. The van der Waals surface area contributed by atoms with Crippen molar-refractivity contribution in [2.75, 3.05) is 0 Å². The van der Waals surface area contributed by atoms with E-state index in [2.05, 4.69) is 12.4 Å². The normalized spacial score (nSPS) is 29.4. The van der Waals surface area contributed by atoms with Gasteiger partial charge in [-0.1, -0.05) is 0 Å². The molecule has 1 unspecified atom stereocenters. The van der Waals surface area contributed by atoms with E-state index >= 15 is 0 Å². The van der Waals surface area contributed by atoms with Gasteiger partial charge in [0.25, 0.3) is 0 Å². The fourth-order valence-electron chi connectivity index (χ4n) is 0.424. The summed E-state index contributed by atoms with van der Waals surface area (Å²) in [5.74, 6) is 0. The molecule has 1 N–H and O–H groups in total. The maximum absolute atomic E-state index is 4.76. The standard InChI is InChI=1S/C5H9NO/c1-4-3-7-6-5(4)2/h3,5-6H,1-2H3. The summed E-state index contributed by atoms with van der Waals surface area (Å²) < 4.78 is 0. The topological polar surface area (TPSA) is 21.3 Å². The molecule has 0 radical (unpaired) electrons. The maximum atomic E-state index is 4.76. The Morgan fingerprint density at radius 3 is 2.71 bits per heavy atom. The van der Waals surface area contributed by atoms with Crippen molar-refractivity contribution in [3.63, 3.8) is 0 Å². The van der Waals surface area contributed by atoms with E-state index in [-0.39, 0.29) is 0 Å². The van der Waals surface area contributed by atoms with Crippen molar-refractivity contribution >= 4 is 0 Å². The number of hydrogen-bond acceptors (Lipinski definition) is 2. The van der Waals surface area contributed by atoms with Crippen molar-refractivity contribution in [1.29, 1.82) is 0 Å². The fourth-order valence-corrected chi connectivity index (χ4v) is 0.424. The Morgan fingerprint density at radius 2 is 2.57 bits per heavy atom. The van der Waals surface area contributed by atoms with Crippen LogP contribution in [-0.4, -0.2) is 6.04 Å². The molecular formula is C5H9NO. The fraction of sp³-hybridized carbons (Fsp3) is 0.600. The zero-order valence-electron chi connectivity index (χ0n) is 4.56. The molecule has 0 aliphatic carbocycles. The van der Waals surface area contributed by atoms with Gasteiger partial charge in [-0.2, -0.15) is 5.48 Å². The molecule has 0 fully saturated rings. The minimum absolute atomic E-state index is 0.403.